The van der Waals surface area contributed by atoms with Gasteiger partial charge in [-0.05, 0) is 37.5 Å². The van der Waals surface area contributed by atoms with Crippen LogP contribution in [0.25, 0.3) is 0 Å². The van der Waals surface area contributed by atoms with E-state index in [-0.39, 0.29) is 5.92 Å². The van der Waals surface area contributed by atoms with E-state index in [1.165, 1.54) is 51.4 Å². The van der Waals surface area contributed by atoms with Crippen molar-refractivity contribution in [3.63, 3.8) is 0 Å². The van der Waals surface area contributed by atoms with E-state index in [1.807, 2.05) is 0 Å². The Hall–Kier alpha value is -0.530. The first-order chi connectivity index (χ1) is 9.19. The lowest BCUT2D eigenvalue weighted by atomic mass is 9.71. The third-order valence-electron chi connectivity index (χ3n) is 4.78. The van der Waals surface area contributed by atoms with E-state index in [1.54, 1.807) is 0 Å². The second-order valence-electron chi connectivity index (χ2n) is 6.38. The smallest absolute Gasteiger partial charge is 0.306 e. The molecule has 2 nitrogen and oxygen atoms in total. The zero-order valence-electron chi connectivity index (χ0n) is 12.9. The largest absolute Gasteiger partial charge is 0.481 e. The van der Waals surface area contributed by atoms with Crippen molar-refractivity contribution in [2.75, 3.05) is 0 Å². The van der Waals surface area contributed by atoms with Gasteiger partial charge in [0.15, 0.2) is 0 Å². The SMILES string of the molecule is CCCCCCCC1CC(CCC)CCC1C(=O)O. The number of carboxylic acids is 1. The quantitative estimate of drug-likeness (QED) is 0.579. The van der Waals surface area contributed by atoms with Crippen molar-refractivity contribution < 1.29 is 9.90 Å². The zero-order chi connectivity index (χ0) is 14.1. The second kappa shape index (κ2) is 9.39. The summed E-state index contributed by atoms with van der Waals surface area (Å²) in [6.45, 7) is 4.47. The van der Waals surface area contributed by atoms with Crippen molar-refractivity contribution in [3.8, 4) is 0 Å². The summed E-state index contributed by atoms with van der Waals surface area (Å²) in [4.78, 5) is 11.4. The average molecular weight is 268 g/mol. The Labute approximate surface area is 119 Å². The minimum Gasteiger partial charge on any atom is -0.481 e. The van der Waals surface area contributed by atoms with Gasteiger partial charge in [0, 0.05) is 0 Å². The Morgan fingerprint density at radius 2 is 1.74 bits per heavy atom. The summed E-state index contributed by atoms with van der Waals surface area (Å²) in [5.74, 6) is 0.637. The minimum atomic E-state index is -0.548. The Morgan fingerprint density at radius 1 is 1.00 bits per heavy atom. The van der Waals surface area contributed by atoms with Crippen LogP contribution in [0.4, 0.5) is 0 Å². The van der Waals surface area contributed by atoms with Crippen LogP contribution in [0.1, 0.15) is 84.5 Å². The van der Waals surface area contributed by atoms with E-state index in [0.717, 1.165) is 25.2 Å². The van der Waals surface area contributed by atoms with Gasteiger partial charge >= 0.3 is 5.97 Å². The number of carbonyl (C=O) groups is 1. The molecule has 1 saturated carbocycles. The molecule has 0 radical (unpaired) electrons. The summed E-state index contributed by atoms with van der Waals surface area (Å²) >= 11 is 0. The minimum absolute atomic E-state index is 0.0562. The highest BCUT2D eigenvalue weighted by molar-refractivity contribution is 5.70. The van der Waals surface area contributed by atoms with Crippen molar-refractivity contribution in [3.05, 3.63) is 0 Å². The van der Waals surface area contributed by atoms with Gasteiger partial charge in [0.2, 0.25) is 0 Å². The van der Waals surface area contributed by atoms with Gasteiger partial charge in [0.05, 0.1) is 5.92 Å². The molecule has 0 amide bonds. The molecular formula is C17H32O2. The molecule has 1 aliphatic carbocycles. The Morgan fingerprint density at radius 3 is 2.37 bits per heavy atom. The maximum absolute atomic E-state index is 11.4. The molecule has 112 valence electrons. The number of hydrogen-bond donors (Lipinski definition) is 1. The third-order valence-corrected chi connectivity index (χ3v) is 4.78. The molecule has 19 heavy (non-hydrogen) atoms. The summed E-state index contributed by atoms with van der Waals surface area (Å²) in [7, 11) is 0. The van der Waals surface area contributed by atoms with Gasteiger partial charge in [-0.3, -0.25) is 4.79 Å². The van der Waals surface area contributed by atoms with Crippen molar-refractivity contribution in [2.24, 2.45) is 17.8 Å². The molecule has 0 aromatic carbocycles. The molecule has 0 aromatic heterocycles. The molecular weight excluding hydrogens is 236 g/mol. The Bertz CT molecular complexity index is 250. The van der Waals surface area contributed by atoms with E-state index in [9.17, 15) is 9.90 Å². The van der Waals surface area contributed by atoms with Crippen LogP contribution < -0.4 is 0 Å². The average Bonchev–Trinajstić information content (AvgIpc) is 2.39. The van der Waals surface area contributed by atoms with Crippen LogP contribution in [-0.4, -0.2) is 11.1 Å². The number of unbranched alkanes of at least 4 members (excludes halogenated alkanes) is 4. The molecule has 3 unspecified atom stereocenters. The first-order valence-electron chi connectivity index (χ1n) is 8.41. The van der Waals surface area contributed by atoms with Gasteiger partial charge in [-0.25, -0.2) is 0 Å². The Kier molecular flexibility index (Phi) is 8.16. The maximum atomic E-state index is 11.4. The molecule has 1 fully saturated rings. The van der Waals surface area contributed by atoms with Crippen LogP contribution in [0.2, 0.25) is 0 Å². The van der Waals surface area contributed by atoms with Gasteiger partial charge in [-0.15, -0.1) is 0 Å². The van der Waals surface area contributed by atoms with Crippen LogP contribution in [0, 0.1) is 17.8 Å². The van der Waals surface area contributed by atoms with Crippen LogP contribution in [0.15, 0.2) is 0 Å². The molecule has 0 heterocycles. The van der Waals surface area contributed by atoms with Crippen molar-refractivity contribution in [2.45, 2.75) is 84.5 Å². The van der Waals surface area contributed by atoms with Crippen LogP contribution in [0.3, 0.4) is 0 Å². The highest BCUT2D eigenvalue weighted by atomic mass is 16.4. The van der Waals surface area contributed by atoms with Crippen molar-refractivity contribution >= 4 is 5.97 Å². The predicted octanol–water partition coefficient (Wildman–Crippen LogP) is 5.26. The molecule has 1 aliphatic rings. The van der Waals surface area contributed by atoms with Gasteiger partial charge < -0.3 is 5.11 Å². The lowest BCUT2D eigenvalue weighted by Crippen LogP contribution is -2.30. The number of carboxylic acid groups (broad SMARTS) is 1. The first kappa shape index (κ1) is 16.5. The van der Waals surface area contributed by atoms with Crippen molar-refractivity contribution in [1.82, 2.24) is 0 Å². The zero-order valence-corrected chi connectivity index (χ0v) is 12.9. The highest BCUT2D eigenvalue weighted by Gasteiger charge is 2.33. The molecule has 1 rings (SSSR count). The molecule has 0 aliphatic heterocycles. The number of aliphatic carboxylic acids is 1. The van der Waals surface area contributed by atoms with Crippen molar-refractivity contribution in [1.29, 1.82) is 0 Å². The van der Waals surface area contributed by atoms with E-state index in [4.69, 9.17) is 0 Å². The molecule has 2 heteroatoms. The number of hydrogen-bond acceptors (Lipinski definition) is 1. The Balaban J connectivity index is 2.36. The van der Waals surface area contributed by atoms with Crippen LogP contribution in [-0.2, 0) is 4.79 Å². The lowest BCUT2D eigenvalue weighted by Gasteiger charge is -2.34. The fourth-order valence-electron chi connectivity index (χ4n) is 3.69. The van der Waals surface area contributed by atoms with E-state index in [0.29, 0.717) is 5.92 Å². The predicted molar refractivity (Wildman–Crippen MR) is 80.2 cm³/mol. The van der Waals surface area contributed by atoms with Crippen LogP contribution >= 0.6 is 0 Å². The highest BCUT2D eigenvalue weighted by Crippen LogP contribution is 2.39. The fourth-order valence-corrected chi connectivity index (χ4v) is 3.69. The summed E-state index contributed by atoms with van der Waals surface area (Å²) in [6, 6.07) is 0. The van der Waals surface area contributed by atoms with Crippen LogP contribution in [0.5, 0.6) is 0 Å². The van der Waals surface area contributed by atoms with Gasteiger partial charge in [-0.2, -0.15) is 0 Å². The summed E-state index contributed by atoms with van der Waals surface area (Å²) in [6.07, 6.45) is 13.3. The molecule has 3 atom stereocenters. The summed E-state index contributed by atoms with van der Waals surface area (Å²) < 4.78 is 0. The van der Waals surface area contributed by atoms with Gasteiger partial charge in [0.1, 0.15) is 0 Å². The lowest BCUT2D eigenvalue weighted by molar-refractivity contribution is -0.145. The summed E-state index contributed by atoms with van der Waals surface area (Å²) in [5, 5.41) is 9.37. The standard InChI is InChI=1S/C17H32O2/c1-3-5-6-7-8-10-15-13-14(9-4-2)11-12-16(15)17(18)19/h14-16H,3-13H2,1-2H3,(H,18,19). The maximum Gasteiger partial charge on any atom is 0.306 e. The van der Waals surface area contributed by atoms with Gasteiger partial charge in [0.25, 0.3) is 0 Å². The molecule has 0 bridgehead atoms. The summed E-state index contributed by atoms with van der Waals surface area (Å²) in [5.41, 5.74) is 0. The third kappa shape index (κ3) is 5.97. The van der Waals surface area contributed by atoms with E-state index < -0.39 is 5.97 Å². The molecule has 1 N–H and O–H groups in total. The topological polar surface area (TPSA) is 37.3 Å². The molecule has 0 spiro atoms. The van der Waals surface area contributed by atoms with E-state index >= 15 is 0 Å². The van der Waals surface area contributed by atoms with E-state index in [2.05, 4.69) is 13.8 Å². The monoisotopic (exact) mass is 268 g/mol. The normalized spacial score (nSPS) is 27.4. The molecule has 0 saturated heterocycles. The molecule has 0 aromatic rings. The second-order valence-corrected chi connectivity index (χ2v) is 6.38. The van der Waals surface area contributed by atoms with Gasteiger partial charge in [-0.1, -0.05) is 58.8 Å². The fraction of sp³-hybridized carbons (Fsp3) is 0.941. The first-order valence-corrected chi connectivity index (χ1v) is 8.41. The number of rotatable bonds is 9.